The van der Waals surface area contributed by atoms with Crippen molar-refractivity contribution in [3.63, 3.8) is 0 Å². The average Bonchev–Trinajstić information content (AvgIpc) is 3.46. The molecule has 2 fully saturated rings. The molecule has 0 bridgehead atoms. The maximum Gasteiger partial charge on any atom is 0.0678 e. The van der Waals surface area contributed by atoms with Gasteiger partial charge in [0.05, 0.1) is 5.60 Å². The Morgan fingerprint density at radius 2 is 0.966 bits per heavy atom. The summed E-state index contributed by atoms with van der Waals surface area (Å²) >= 11 is 0. The maximum atomic E-state index is 10.3. The molecule has 2 heteroatoms. The third-order valence-corrected chi connectivity index (χ3v) is 3.83. The Hall–Kier alpha value is -1.15. The molecule has 0 atom stereocenters. The molecule has 0 saturated heterocycles. The average molecular weight is 415 g/mol. The Bertz CT molecular complexity index is 637. The van der Waals surface area contributed by atoms with Crippen LogP contribution in [0.5, 0.6) is 0 Å². The largest absolute Gasteiger partial charge is 0.387 e. The molecule has 2 aliphatic carbocycles. The van der Waals surface area contributed by atoms with E-state index in [0.29, 0.717) is 0 Å². The molecular weight excluding hydrogens is 388 g/mol. The Kier molecular flexibility index (Phi) is 13.2. The minimum Gasteiger partial charge on any atom is -0.387 e. The van der Waals surface area contributed by atoms with Gasteiger partial charge in [-0.1, -0.05) is 47.5 Å². The summed E-state index contributed by atoms with van der Waals surface area (Å²) in [5.41, 5.74) is 1.85. The predicted molar refractivity (Wildman–Crippen MR) is 118 cm³/mol. The van der Waals surface area contributed by atoms with E-state index in [1.54, 1.807) is 13.8 Å². The van der Waals surface area contributed by atoms with Crippen molar-refractivity contribution in [3.05, 3.63) is 142 Å². The molecule has 0 aromatic heterocycles. The fraction of sp³-hybridized carbons (Fsp3) is 0.111. The standard InChI is InChI=1S/C17H17O.2C5H5.Ti/c1-17(2,18)16(15-11-7-4-8-12-15)13-14-9-5-3-6-10-14;2*1-2-4-5-3-1;/h3-12,18H,1-2H3;2*1-5H;/q-1;;;. The van der Waals surface area contributed by atoms with Crippen molar-refractivity contribution in [2.24, 2.45) is 0 Å². The van der Waals surface area contributed by atoms with Crippen LogP contribution in [0.3, 0.4) is 0 Å². The maximum absolute atomic E-state index is 10.3. The van der Waals surface area contributed by atoms with Gasteiger partial charge < -0.3 is 5.11 Å². The molecule has 2 aromatic rings. The summed E-state index contributed by atoms with van der Waals surface area (Å²) in [4.78, 5) is 0. The van der Waals surface area contributed by atoms with Gasteiger partial charge in [-0.05, 0) is 78.1 Å². The second kappa shape index (κ2) is 14.8. The van der Waals surface area contributed by atoms with Crippen LogP contribution in [0.4, 0.5) is 0 Å². The van der Waals surface area contributed by atoms with E-state index in [1.807, 2.05) is 125 Å². The quantitative estimate of drug-likeness (QED) is 0.386. The van der Waals surface area contributed by atoms with Gasteiger partial charge in [-0.2, -0.15) is 0 Å². The number of rotatable bonds is 3. The Labute approximate surface area is 193 Å². The van der Waals surface area contributed by atoms with Gasteiger partial charge in [0, 0.05) is 21.7 Å². The second-order valence-electron chi connectivity index (χ2n) is 6.72. The van der Waals surface area contributed by atoms with Crippen LogP contribution in [0, 0.1) is 70.3 Å². The smallest absolute Gasteiger partial charge is 0.0678 e. The third-order valence-electron chi connectivity index (χ3n) is 3.83. The fourth-order valence-corrected chi connectivity index (χ4v) is 2.49. The van der Waals surface area contributed by atoms with Gasteiger partial charge in [-0.3, -0.25) is 0 Å². The Balaban J connectivity index is 0.000000311. The SMILES string of the molecule is CC(C)(O)C(=[C-]c1ccccc1)c1ccccc1.[CH]1[CH][CH][CH][CH]1.[CH]1[CH][CH][CH][CH]1.[Ti]. The van der Waals surface area contributed by atoms with E-state index in [1.165, 1.54) is 0 Å². The van der Waals surface area contributed by atoms with E-state index in [4.69, 9.17) is 0 Å². The van der Waals surface area contributed by atoms with Crippen LogP contribution in [0.15, 0.2) is 60.7 Å². The van der Waals surface area contributed by atoms with Gasteiger partial charge >= 0.3 is 0 Å². The molecule has 0 unspecified atom stereocenters. The van der Waals surface area contributed by atoms with Crippen molar-refractivity contribution in [2.45, 2.75) is 19.4 Å². The Morgan fingerprint density at radius 3 is 1.31 bits per heavy atom. The fourth-order valence-electron chi connectivity index (χ4n) is 2.49. The van der Waals surface area contributed by atoms with Crippen LogP contribution >= 0.6 is 0 Å². The van der Waals surface area contributed by atoms with Gasteiger partial charge in [0.15, 0.2) is 0 Å². The number of hydrogen-bond acceptors (Lipinski definition) is 1. The van der Waals surface area contributed by atoms with E-state index in [2.05, 4.69) is 6.08 Å². The summed E-state index contributed by atoms with van der Waals surface area (Å²) in [5.74, 6) is 0. The van der Waals surface area contributed by atoms with Crippen LogP contribution < -0.4 is 0 Å². The summed E-state index contributed by atoms with van der Waals surface area (Å²) in [7, 11) is 0. The molecule has 0 aliphatic heterocycles. The summed E-state index contributed by atoms with van der Waals surface area (Å²) in [5, 5.41) is 10.3. The van der Waals surface area contributed by atoms with Crippen molar-refractivity contribution in [1.29, 1.82) is 0 Å². The summed E-state index contributed by atoms with van der Waals surface area (Å²) in [6, 6.07) is 19.7. The number of hydrogen-bond donors (Lipinski definition) is 1. The van der Waals surface area contributed by atoms with Crippen molar-refractivity contribution < 1.29 is 26.8 Å². The normalized spacial score (nSPS) is 16.0. The van der Waals surface area contributed by atoms with Crippen LogP contribution in [0.1, 0.15) is 25.0 Å². The summed E-state index contributed by atoms with van der Waals surface area (Å²) < 4.78 is 0. The van der Waals surface area contributed by atoms with E-state index in [9.17, 15) is 5.11 Å². The van der Waals surface area contributed by atoms with Crippen LogP contribution in [0.25, 0.3) is 5.57 Å². The molecule has 0 heterocycles. The van der Waals surface area contributed by atoms with E-state index >= 15 is 0 Å². The summed E-state index contributed by atoms with van der Waals surface area (Å²) in [6.45, 7) is 3.57. The first-order valence-corrected chi connectivity index (χ1v) is 9.38. The molecule has 10 radical (unpaired) electrons. The first-order chi connectivity index (χ1) is 13.6. The van der Waals surface area contributed by atoms with Crippen LogP contribution in [-0.2, 0) is 21.7 Å². The number of benzene rings is 2. The molecule has 29 heavy (non-hydrogen) atoms. The first-order valence-electron chi connectivity index (χ1n) is 9.38. The van der Waals surface area contributed by atoms with Crippen molar-refractivity contribution in [3.8, 4) is 0 Å². The van der Waals surface area contributed by atoms with Crippen molar-refractivity contribution in [2.75, 3.05) is 0 Å². The molecule has 1 nitrogen and oxygen atoms in total. The zero-order valence-corrected chi connectivity index (χ0v) is 18.6. The first kappa shape index (κ1) is 25.9. The molecule has 146 valence electrons. The van der Waals surface area contributed by atoms with Crippen LogP contribution in [-0.4, -0.2) is 10.7 Å². The minimum atomic E-state index is -0.919. The molecular formula is C27H27OTi-. The second-order valence-corrected chi connectivity index (χ2v) is 6.72. The molecule has 2 aliphatic rings. The Morgan fingerprint density at radius 1 is 0.621 bits per heavy atom. The molecule has 0 spiro atoms. The number of aliphatic hydroxyl groups is 1. The van der Waals surface area contributed by atoms with E-state index in [0.717, 1.165) is 16.7 Å². The van der Waals surface area contributed by atoms with Gasteiger partial charge in [0.1, 0.15) is 0 Å². The molecule has 2 aromatic carbocycles. The molecule has 0 amide bonds. The topological polar surface area (TPSA) is 20.2 Å². The van der Waals surface area contributed by atoms with Gasteiger partial charge in [-0.25, -0.2) is 0 Å². The van der Waals surface area contributed by atoms with Crippen molar-refractivity contribution >= 4 is 5.57 Å². The van der Waals surface area contributed by atoms with Gasteiger partial charge in [0.25, 0.3) is 0 Å². The van der Waals surface area contributed by atoms with E-state index in [-0.39, 0.29) is 21.7 Å². The van der Waals surface area contributed by atoms with Crippen LogP contribution in [0.2, 0.25) is 0 Å². The van der Waals surface area contributed by atoms with E-state index < -0.39 is 5.60 Å². The monoisotopic (exact) mass is 415 g/mol. The predicted octanol–water partition coefficient (Wildman–Crippen LogP) is 5.73. The minimum absolute atomic E-state index is 0. The summed E-state index contributed by atoms with van der Waals surface area (Å²) in [6.07, 6.45) is 23.3. The zero-order chi connectivity index (χ0) is 20.1. The molecule has 2 saturated carbocycles. The molecule has 4 rings (SSSR count). The molecule has 1 N–H and O–H groups in total. The van der Waals surface area contributed by atoms with Crippen molar-refractivity contribution in [1.82, 2.24) is 0 Å². The van der Waals surface area contributed by atoms with Gasteiger partial charge in [0.2, 0.25) is 0 Å². The zero-order valence-electron chi connectivity index (χ0n) is 17.0. The third kappa shape index (κ3) is 11.0. The van der Waals surface area contributed by atoms with Gasteiger partial charge in [-0.15, -0.1) is 35.9 Å².